The lowest BCUT2D eigenvalue weighted by Gasteiger charge is -2.23. The summed E-state index contributed by atoms with van der Waals surface area (Å²) in [7, 11) is -4.48. The number of amides is 1. The molecule has 0 aromatic heterocycles. The Labute approximate surface area is 136 Å². The van der Waals surface area contributed by atoms with Crippen LogP contribution in [0.1, 0.15) is 6.92 Å². The molecule has 1 heterocycles. The lowest BCUT2D eigenvalue weighted by molar-refractivity contribution is -0.122. The van der Waals surface area contributed by atoms with Crippen molar-refractivity contribution >= 4 is 27.3 Å². The molecule has 2 N–H and O–H groups in total. The summed E-state index contributed by atoms with van der Waals surface area (Å²) in [5.74, 6) is -2.43. The Morgan fingerprint density at radius 1 is 1.17 bits per heavy atom. The molecule has 126 valence electrons. The number of ether oxygens (including phenoxy) is 1. The summed E-state index contributed by atoms with van der Waals surface area (Å²) in [6, 6.07) is 6.87. The van der Waals surface area contributed by atoms with Crippen LogP contribution in [0.3, 0.4) is 0 Å². The minimum absolute atomic E-state index is 0.0230. The van der Waals surface area contributed by atoms with Crippen molar-refractivity contribution in [1.82, 2.24) is 0 Å². The maximum Gasteiger partial charge on any atom is 0.267 e. The average Bonchev–Trinajstić information content (AvgIpc) is 2.48. The summed E-state index contributed by atoms with van der Waals surface area (Å²) in [4.78, 5) is 10.5. The molecule has 9 heteroatoms. The van der Waals surface area contributed by atoms with Crippen LogP contribution in [-0.4, -0.2) is 20.4 Å². The van der Waals surface area contributed by atoms with Crippen LogP contribution in [-0.2, 0) is 14.8 Å². The Morgan fingerprint density at radius 3 is 2.50 bits per heavy atom. The van der Waals surface area contributed by atoms with Gasteiger partial charge in [0.2, 0.25) is 0 Å². The van der Waals surface area contributed by atoms with Gasteiger partial charge in [-0.05, 0) is 37.3 Å². The summed E-state index contributed by atoms with van der Waals surface area (Å²) >= 11 is 0. The second-order valence-corrected chi connectivity index (χ2v) is 6.74. The standard InChI is InChI=1S/C15H12F2N2O4S/c1-8-15(20)18-12-7-9(5-6-13(12)23-8)19-24(21,22)14-10(16)3-2-4-11(14)17/h2-8,19H,1H3,(H,18,20). The number of fused-ring (bicyclic) bond motifs is 1. The van der Waals surface area contributed by atoms with Crippen molar-refractivity contribution in [2.24, 2.45) is 0 Å². The van der Waals surface area contributed by atoms with Gasteiger partial charge in [0.15, 0.2) is 11.0 Å². The number of hydrogen-bond donors (Lipinski definition) is 2. The number of hydrogen-bond acceptors (Lipinski definition) is 4. The maximum atomic E-state index is 13.7. The van der Waals surface area contributed by atoms with Gasteiger partial charge in [0.05, 0.1) is 11.4 Å². The van der Waals surface area contributed by atoms with E-state index in [1.807, 2.05) is 0 Å². The molecule has 2 aromatic rings. The van der Waals surface area contributed by atoms with Gasteiger partial charge in [0.1, 0.15) is 17.4 Å². The molecule has 0 fully saturated rings. The van der Waals surface area contributed by atoms with E-state index in [9.17, 15) is 22.0 Å². The second kappa shape index (κ2) is 5.75. The quantitative estimate of drug-likeness (QED) is 0.887. The van der Waals surface area contributed by atoms with E-state index in [1.165, 1.54) is 18.2 Å². The van der Waals surface area contributed by atoms with Crippen molar-refractivity contribution in [2.45, 2.75) is 17.9 Å². The Hall–Kier alpha value is -2.68. The number of carbonyl (C=O) groups is 1. The van der Waals surface area contributed by atoms with E-state index < -0.39 is 32.7 Å². The maximum absolute atomic E-state index is 13.7. The SMILES string of the molecule is CC1Oc2ccc(NS(=O)(=O)c3c(F)cccc3F)cc2NC1=O. The Morgan fingerprint density at radius 2 is 1.83 bits per heavy atom. The van der Waals surface area contributed by atoms with Gasteiger partial charge >= 0.3 is 0 Å². The topological polar surface area (TPSA) is 84.5 Å². The van der Waals surface area contributed by atoms with Crippen molar-refractivity contribution in [1.29, 1.82) is 0 Å². The largest absolute Gasteiger partial charge is 0.479 e. The number of benzene rings is 2. The Kier molecular flexibility index (Phi) is 3.88. The highest BCUT2D eigenvalue weighted by atomic mass is 32.2. The Bertz CT molecular complexity index is 911. The predicted octanol–water partition coefficient (Wildman–Crippen LogP) is 2.49. The van der Waals surface area contributed by atoms with Crippen LogP contribution in [0.25, 0.3) is 0 Å². The van der Waals surface area contributed by atoms with Gasteiger partial charge in [0.25, 0.3) is 15.9 Å². The molecule has 1 aliphatic heterocycles. The molecule has 1 aliphatic rings. The van der Waals surface area contributed by atoms with E-state index in [0.717, 1.165) is 18.2 Å². The van der Waals surface area contributed by atoms with E-state index in [4.69, 9.17) is 4.74 Å². The summed E-state index contributed by atoms with van der Waals surface area (Å²) in [6.45, 7) is 1.57. The summed E-state index contributed by atoms with van der Waals surface area (Å²) in [6.07, 6.45) is -0.674. The first-order chi connectivity index (χ1) is 11.3. The molecular formula is C15H12F2N2O4S. The number of rotatable bonds is 3. The summed E-state index contributed by atoms with van der Waals surface area (Å²) in [5.41, 5.74) is 0.280. The van der Waals surface area contributed by atoms with E-state index in [1.54, 1.807) is 6.92 Å². The van der Waals surface area contributed by atoms with Gasteiger partial charge in [-0.3, -0.25) is 9.52 Å². The monoisotopic (exact) mass is 354 g/mol. The van der Waals surface area contributed by atoms with Crippen molar-refractivity contribution in [2.75, 3.05) is 10.0 Å². The van der Waals surface area contributed by atoms with Gasteiger partial charge in [0, 0.05) is 0 Å². The minimum Gasteiger partial charge on any atom is -0.479 e. The predicted molar refractivity (Wildman–Crippen MR) is 82.3 cm³/mol. The summed E-state index contributed by atoms with van der Waals surface area (Å²) in [5, 5.41) is 2.55. The zero-order chi connectivity index (χ0) is 17.5. The highest BCUT2D eigenvalue weighted by molar-refractivity contribution is 7.92. The van der Waals surface area contributed by atoms with Crippen molar-refractivity contribution in [3.63, 3.8) is 0 Å². The lowest BCUT2D eigenvalue weighted by Crippen LogP contribution is -2.34. The highest BCUT2D eigenvalue weighted by Crippen LogP contribution is 2.33. The number of carbonyl (C=O) groups excluding carboxylic acids is 1. The lowest BCUT2D eigenvalue weighted by atomic mass is 10.2. The number of halogens is 2. The third-order valence-electron chi connectivity index (χ3n) is 3.35. The van der Waals surface area contributed by atoms with Crippen molar-refractivity contribution in [3.8, 4) is 5.75 Å². The van der Waals surface area contributed by atoms with Crippen LogP contribution in [0.2, 0.25) is 0 Å². The Balaban J connectivity index is 1.94. The first kappa shape index (κ1) is 16.2. The van der Waals surface area contributed by atoms with Gasteiger partial charge in [-0.15, -0.1) is 0 Å². The van der Waals surface area contributed by atoms with Crippen LogP contribution in [0.5, 0.6) is 5.75 Å². The highest BCUT2D eigenvalue weighted by Gasteiger charge is 2.26. The first-order valence-corrected chi connectivity index (χ1v) is 8.34. The molecule has 1 amide bonds. The molecule has 2 aromatic carbocycles. The zero-order valence-electron chi connectivity index (χ0n) is 12.3. The first-order valence-electron chi connectivity index (χ1n) is 6.86. The van der Waals surface area contributed by atoms with Gasteiger partial charge in [-0.2, -0.15) is 0 Å². The molecule has 6 nitrogen and oxygen atoms in total. The van der Waals surface area contributed by atoms with Crippen LogP contribution in [0, 0.1) is 11.6 Å². The fraction of sp³-hybridized carbons (Fsp3) is 0.133. The van der Waals surface area contributed by atoms with E-state index in [-0.39, 0.29) is 17.3 Å². The van der Waals surface area contributed by atoms with Crippen LogP contribution in [0.4, 0.5) is 20.2 Å². The number of nitrogens with one attached hydrogen (secondary N) is 2. The van der Waals surface area contributed by atoms with Crippen molar-refractivity contribution in [3.05, 3.63) is 48.0 Å². The molecule has 0 bridgehead atoms. The smallest absolute Gasteiger partial charge is 0.267 e. The van der Waals surface area contributed by atoms with Crippen LogP contribution < -0.4 is 14.8 Å². The fourth-order valence-corrected chi connectivity index (χ4v) is 3.41. The van der Waals surface area contributed by atoms with Crippen LogP contribution >= 0.6 is 0 Å². The molecular weight excluding hydrogens is 342 g/mol. The molecule has 1 atom stereocenters. The minimum atomic E-state index is -4.48. The molecule has 1 unspecified atom stereocenters. The molecule has 0 saturated heterocycles. The van der Waals surface area contributed by atoms with Crippen molar-refractivity contribution < 1.29 is 26.7 Å². The molecule has 0 saturated carbocycles. The molecule has 24 heavy (non-hydrogen) atoms. The number of anilines is 2. The van der Waals surface area contributed by atoms with Crippen LogP contribution in [0.15, 0.2) is 41.3 Å². The molecule has 0 spiro atoms. The normalized spacial score (nSPS) is 16.8. The average molecular weight is 354 g/mol. The third-order valence-corrected chi connectivity index (χ3v) is 4.78. The van der Waals surface area contributed by atoms with E-state index in [0.29, 0.717) is 5.75 Å². The molecule has 0 aliphatic carbocycles. The van der Waals surface area contributed by atoms with E-state index >= 15 is 0 Å². The number of sulfonamides is 1. The zero-order valence-corrected chi connectivity index (χ0v) is 13.2. The van der Waals surface area contributed by atoms with Gasteiger partial charge in [-0.1, -0.05) is 6.07 Å². The van der Waals surface area contributed by atoms with E-state index in [2.05, 4.69) is 10.0 Å². The fourth-order valence-electron chi connectivity index (χ4n) is 2.22. The molecule has 0 radical (unpaired) electrons. The summed E-state index contributed by atoms with van der Waals surface area (Å²) < 4.78 is 59.2. The molecule has 3 rings (SSSR count). The van der Waals surface area contributed by atoms with Gasteiger partial charge in [-0.25, -0.2) is 17.2 Å². The third kappa shape index (κ3) is 2.90. The van der Waals surface area contributed by atoms with Gasteiger partial charge < -0.3 is 10.1 Å². The second-order valence-electron chi connectivity index (χ2n) is 5.12.